The van der Waals surface area contributed by atoms with Gasteiger partial charge in [0, 0.05) is 23.2 Å². The Kier molecular flexibility index (Phi) is 6.66. The van der Waals surface area contributed by atoms with E-state index in [-0.39, 0.29) is 17.5 Å². The van der Waals surface area contributed by atoms with Gasteiger partial charge in [-0.3, -0.25) is 0 Å². The van der Waals surface area contributed by atoms with E-state index >= 15 is 0 Å². The van der Waals surface area contributed by atoms with Gasteiger partial charge >= 0.3 is 12.2 Å². The molecule has 0 radical (unpaired) electrons. The van der Waals surface area contributed by atoms with Crippen molar-refractivity contribution in [1.29, 1.82) is 0 Å². The van der Waals surface area contributed by atoms with Gasteiger partial charge in [0.15, 0.2) is 11.5 Å². The highest BCUT2D eigenvalue weighted by Crippen LogP contribution is 2.49. The summed E-state index contributed by atoms with van der Waals surface area (Å²) in [6, 6.07) is 10.4. The molecule has 9 heteroatoms. The summed E-state index contributed by atoms with van der Waals surface area (Å²) < 4.78 is 49.2. The molecule has 1 heterocycles. The second-order valence-corrected chi connectivity index (χ2v) is 9.12. The van der Waals surface area contributed by atoms with E-state index in [2.05, 4.69) is 34.7 Å². The standard InChI is InChI=1S/C25H30F3N3O3/c1-31-13-12-24(17-6-9-20(33-2)21(14-17)34-3)11-10-19(15-22(24)31)30-23(32)29-18-7-4-16(5-8-18)25(26,27)28/h4-9,14,19,22H,10-13,15H2,1-3H3,(H2,29,30,32)/t19-,22+,24+/m1/s1. The molecule has 0 spiro atoms. The molecule has 6 nitrogen and oxygen atoms in total. The van der Waals surface area contributed by atoms with Gasteiger partial charge < -0.3 is 25.0 Å². The molecule has 2 aliphatic rings. The van der Waals surface area contributed by atoms with E-state index in [1.54, 1.807) is 14.2 Å². The summed E-state index contributed by atoms with van der Waals surface area (Å²) in [5.74, 6) is 1.40. The normalized spacial score (nSPS) is 24.9. The predicted molar refractivity (Wildman–Crippen MR) is 123 cm³/mol. The largest absolute Gasteiger partial charge is 0.493 e. The number of benzene rings is 2. The number of fused-ring (bicyclic) bond motifs is 1. The van der Waals surface area contributed by atoms with Crippen LogP contribution >= 0.6 is 0 Å². The van der Waals surface area contributed by atoms with E-state index in [0.717, 1.165) is 44.4 Å². The molecule has 3 atom stereocenters. The highest BCUT2D eigenvalue weighted by molar-refractivity contribution is 5.89. The number of alkyl halides is 3. The quantitative estimate of drug-likeness (QED) is 0.634. The summed E-state index contributed by atoms with van der Waals surface area (Å²) in [6.45, 7) is 0.962. The molecular formula is C25H30F3N3O3. The molecule has 1 aliphatic heterocycles. The maximum atomic E-state index is 12.7. The molecule has 34 heavy (non-hydrogen) atoms. The lowest BCUT2D eigenvalue weighted by Crippen LogP contribution is -2.52. The van der Waals surface area contributed by atoms with Crippen LogP contribution in [0.2, 0.25) is 0 Å². The number of hydrogen-bond acceptors (Lipinski definition) is 4. The van der Waals surface area contributed by atoms with E-state index in [1.165, 1.54) is 17.7 Å². The Morgan fingerprint density at radius 2 is 1.76 bits per heavy atom. The average Bonchev–Trinajstić information content (AvgIpc) is 3.15. The topological polar surface area (TPSA) is 62.8 Å². The van der Waals surface area contributed by atoms with Crippen molar-refractivity contribution in [3.8, 4) is 11.5 Å². The first-order valence-corrected chi connectivity index (χ1v) is 11.3. The van der Waals surface area contributed by atoms with Crippen molar-refractivity contribution in [1.82, 2.24) is 10.2 Å². The zero-order valence-corrected chi connectivity index (χ0v) is 19.5. The van der Waals surface area contributed by atoms with Gasteiger partial charge in [-0.1, -0.05) is 6.07 Å². The van der Waals surface area contributed by atoms with E-state index in [1.807, 2.05) is 6.07 Å². The van der Waals surface area contributed by atoms with Gasteiger partial charge in [0.2, 0.25) is 0 Å². The van der Waals surface area contributed by atoms with Crippen LogP contribution in [0.1, 0.15) is 36.8 Å². The minimum Gasteiger partial charge on any atom is -0.493 e. The number of hydrogen-bond donors (Lipinski definition) is 2. The monoisotopic (exact) mass is 477 g/mol. The van der Waals surface area contributed by atoms with Crippen LogP contribution in [0.4, 0.5) is 23.7 Å². The molecular weight excluding hydrogens is 447 g/mol. The number of amides is 2. The maximum absolute atomic E-state index is 12.7. The minimum absolute atomic E-state index is 0.0314. The number of urea groups is 1. The molecule has 2 fully saturated rings. The molecule has 4 rings (SSSR count). The van der Waals surface area contributed by atoms with E-state index in [4.69, 9.17) is 9.47 Å². The molecule has 2 aromatic carbocycles. The van der Waals surface area contributed by atoms with Crippen molar-refractivity contribution in [2.24, 2.45) is 0 Å². The molecule has 1 saturated heterocycles. The summed E-state index contributed by atoms with van der Waals surface area (Å²) in [5, 5.41) is 5.66. The Morgan fingerprint density at radius 1 is 1.06 bits per heavy atom. The van der Waals surface area contributed by atoms with Crippen LogP contribution < -0.4 is 20.1 Å². The lowest BCUT2D eigenvalue weighted by Gasteiger charge is -2.45. The van der Waals surface area contributed by atoms with Crippen LogP contribution in [-0.2, 0) is 11.6 Å². The number of likely N-dealkylation sites (tertiary alicyclic amines) is 1. The Bertz CT molecular complexity index is 1030. The summed E-state index contributed by atoms with van der Waals surface area (Å²) in [4.78, 5) is 14.9. The Balaban J connectivity index is 1.43. The number of carbonyl (C=O) groups is 1. The molecule has 0 unspecified atom stereocenters. The third kappa shape index (κ3) is 4.66. The molecule has 1 saturated carbocycles. The van der Waals surface area contributed by atoms with Crippen LogP contribution in [0.5, 0.6) is 11.5 Å². The number of nitrogens with one attached hydrogen (secondary N) is 2. The summed E-state index contributed by atoms with van der Waals surface area (Å²) in [7, 11) is 5.36. The van der Waals surface area contributed by atoms with Gasteiger partial charge in [0.05, 0.1) is 19.8 Å². The van der Waals surface area contributed by atoms with Crippen LogP contribution in [0.15, 0.2) is 42.5 Å². The molecule has 2 aromatic rings. The van der Waals surface area contributed by atoms with Crippen molar-refractivity contribution in [2.75, 3.05) is 33.1 Å². The molecule has 184 valence electrons. The number of carbonyl (C=O) groups excluding carboxylic acids is 1. The third-order valence-corrected chi connectivity index (χ3v) is 7.29. The number of rotatable bonds is 5. The van der Waals surface area contributed by atoms with Gasteiger partial charge in [-0.2, -0.15) is 13.2 Å². The fourth-order valence-corrected chi connectivity index (χ4v) is 5.49. The van der Waals surface area contributed by atoms with Crippen molar-refractivity contribution in [3.63, 3.8) is 0 Å². The van der Waals surface area contributed by atoms with Crippen LogP contribution in [0.3, 0.4) is 0 Å². The van der Waals surface area contributed by atoms with E-state index in [9.17, 15) is 18.0 Å². The Labute approximate surface area is 197 Å². The third-order valence-electron chi connectivity index (χ3n) is 7.29. The van der Waals surface area contributed by atoms with Gasteiger partial charge in [-0.05, 0) is 81.2 Å². The van der Waals surface area contributed by atoms with Crippen molar-refractivity contribution in [3.05, 3.63) is 53.6 Å². The van der Waals surface area contributed by atoms with Gasteiger partial charge in [0.1, 0.15) is 0 Å². The number of ether oxygens (including phenoxy) is 2. The molecule has 2 amide bonds. The lowest BCUT2D eigenvalue weighted by molar-refractivity contribution is -0.137. The second kappa shape index (κ2) is 9.37. The van der Waals surface area contributed by atoms with Gasteiger partial charge in [-0.15, -0.1) is 0 Å². The first-order chi connectivity index (χ1) is 16.2. The number of methoxy groups -OCH3 is 2. The lowest BCUT2D eigenvalue weighted by atomic mass is 9.65. The smallest absolute Gasteiger partial charge is 0.416 e. The highest BCUT2D eigenvalue weighted by Gasteiger charge is 2.50. The Morgan fingerprint density at radius 3 is 2.41 bits per heavy atom. The number of likely N-dealkylation sites (N-methyl/N-ethyl adjacent to an activating group) is 1. The number of anilines is 1. The first kappa shape index (κ1) is 24.2. The minimum atomic E-state index is -4.41. The van der Waals surface area contributed by atoms with E-state index < -0.39 is 17.8 Å². The van der Waals surface area contributed by atoms with Crippen LogP contribution in [-0.4, -0.2) is 50.8 Å². The fraction of sp³-hybridized carbons (Fsp3) is 0.480. The molecule has 0 bridgehead atoms. The molecule has 1 aliphatic carbocycles. The summed E-state index contributed by atoms with van der Waals surface area (Å²) in [5.41, 5.74) is 0.753. The fourth-order valence-electron chi connectivity index (χ4n) is 5.49. The number of halogens is 3. The zero-order valence-electron chi connectivity index (χ0n) is 19.5. The Hall–Kier alpha value is -2.94. The summed E-state index contributed by atoms with van der Waals surface area (Å²) >= 11 is 0. The average molecular weight is 478 g/mol. The summed E-state index contributed by atoms with van der Waals surface area (Å²) in [6.07, 6.45) is -0.891. The van der Waals surface area contributed by atoms with E-state index in [0.29, 0.717) is 17.2 Å². The van der Waals surface area contributed by atoms with Crippen molar-refractivity contribution >= 4 is 11.7 Å². The van der Waals surface area contributed by atoms with Gasteiger partial charge in [-0.25, -0.2) is 4.79 Å². The molecule has 0 aromatic heterocycles. The first-order valence-electron chi connectivity index (χ1n) is 11.3. The zero-order chi connectivity index (χ0) is 24.5. The SMILES string of the molecule is COc1ccc([C@@]23CC[C@@H](NC(=O)Nc4ccc(C(F)(F)F)cc4)C[C@@H]2N(C)CC3)cc1OC. The van der Waals surface area contributed by atoms with Crippen molar-refractivity contribution in [2.45, 2.75) is 49.4 Å². The van der Waals surface area contributed by atoms with Crippen LogP contribution in [0.25, 0.3) is 0 Å². The maximum Gasteiger partial charge on any atom is 0.416 e. The highest BCUT2D eigenvalue weighted by atomic mass is 19.4. The predicted octanol–water partition coefficient (Wildman–Crippen LogP) is 5.04. The van der Waals surface area contributed by atoms with Crippen LogP contribution in [0, 0.1) is 0 Å². The van der Waals surface area contributed by atoms with Gasteiger partial charge in [0.25, 0.3) is 0 Å². The number of nitrogens with zero attached hydrogens (tertiary/aromatic N) is 1. The molecule has 2 N–H and O–H groups in total. The van der Waals surface area contributed by atoms with Crippen molar-refractivity contribution < 1.29 is 27.4 Å². The second-order valence-electron chi connectivity index (χ2n) is 9.12.